The van der Waals surface area contributed by atoms with Crippen LogP contribution in [0.4, 0.5) is 5.69 Å². The summed E-state index contributed by atoms with van der Waals surface area (Å²) in [6.07, 6.45) is 2.60. The SMILES string of the molecule is O=C(Nc1ccc2[nH]c(=O)[nH]c2c1)c1cncc(O)c1. The molecule has 0 aliphatic rings. The van der Waals surface area contributed by atoms with Gasteiger partial charge in [-0.15, -0.1) is 0 Å². The molecule has 3 rings (SSSR count). The van der Waals surface area contributed by atoms with Gasteiger partial charge in [-0.1, -0.05) is 0 Å². The van der Waals surface area contributed by atoms with E-state index in [4.69, 9.17) is 0 Å². The summed E-state index contributed by atoms with van der Waals surface area (Å²) in [5, 5.41) is 11.9. The number of carbonyl (C=O) groups is 1. The third-order valence-electron chi connectivity index (χ3n) is 2.76. The maximum Gasteiger partial charge on any atom is 0.323 e. The molecule has 0 fully saturated rings. The number of fused-ring (bicyclic) bond motifs is 1. The molecule has 20 heavy (non-hydrogen) atoms. The molecular weight excluding hydrogens is 260 g/mol. The van der Waals surface area contributed by atoms with Crippen molar-refractivity contribution in [2.24, 2.45) is 0 Å². The Morgan fingerprint density at radius 1 is 1.15 bits per heavy atom. The zero-order valence-corrected chi connectivity index (χ0v) is 10.2. The fourth-order valence-electron chi connectivity index (χ4n) is 1.87. The molecule has 0 unspecified atom stereocenters. The third-order valence-corrected chi connectivity index (χ3v) is 2.76. The lowest BCUT2D eigenvalue weighted by molar-refractivity contribution is 0.102. The van der Waals surface area contributed by atoms with Crippen molar-refractivity contribution < 1.29 is 9.90 Å². The minimum atomic E-state index is -0.398. The molecule has 0 bridgehead atoms. The molecule has 7 heteroatoms. The van der Waals surface area contributed by atoms with Crippen molar-refractivity contribution in [1.29, 1.82) is 0 Å². The van der Waals surface area contributed by atoms with Crippen LogP contribution in [0.15, 0.2) is 41.5 Å². The van der Waals surface area contributed by atoms with Gasteiger partial charge >= 0.3 is 5.69 Å². The standard InChI is InChI=1S/C13H10N4O3/c18-9-3-7(5-14-6-9)12(19)15-8-1-2-10-11(4-8)17-13(20)16-10/h1-6,18H,(H,15,19)(H2,16,17,20). The number of nitrogens with one attached hydrogen (secondary N) is 3. The van der Waals surface area contributed by atoms with Gasteiger partial charge in [-0.25, -0.2) is 4.79 Å². The molecule has 7 nitrogen and oxygen atoms in total. The van der Waals surface area contributed by atoms with E-state index in [0.717, 1.165) is 0 Å². The fraction of sp³-hybridized carbons (Fsp3) is 0. The summed E-state index contributed by atoms with van der Waals surface area (Å²) in [4.78, 5) is 32.1. The third kappa shape index (κ3) is 2.24. The predicted octanol–water partition coefficient (Wildman–Crippen LogP) is 1.21. The second-order valence-electron chi connectivity index (χ2n) is 4.23. The van der Waals surface area contributed by atoms with Crippen LogP contribution in [-0.4, -0.2) is 26.0 Å². The molecule has 0 saturated carbocycles. The number of aromatic hydroxyl groups is 1. The van der Waals surface area contributed by atoms with E-state index < -0.39 is 5.91 Å². The van der Waals surface area contributed by atoms with Crippen LogP contribution in [0.1, 0.15) is 10.4 Å². The van der Waals surface area contributed by atoms with Crippen LogP contribution in [0.3, 0.4) is 0 Å². The molecule has 0 saturated heterocycles. The van der Waals surface area contributed by atoms with E-state index in [2.05, 4.69) is 20.3 Å². The first-order chi connectivity index (χ1) is 9.61. The van der Waals surface area contributed by atoms with Gasteiger partial charge in [-0.3, -0.25) is 9.78 Å². The first kappa shape index (κ1) is 12.0. The number of pyridine rings is 1. The largest absolute Gasteiger partial charge is 0.506 e. The quantitative estimate of drug-likeness (QED) is 0.560. The van der Waals surface area contributed by atoms with Gasteiger partial charge in [0.15, 0.2) is 0 Å². The summed E-state index contributed by atoms with van der Waals surface area (Å²) in [5.41, 5.74) is 1.73. The summed E-state index contributed by atoms with van der Waals surface area (Å²) in [6, 6.07) is 6.31. The van der Waals surface area contributed by atoms with Crippen molar-refractivity contribution in [2.75, 3.05) is 5.32 Å². The van der Waals surface area contributed by atoms with Crippen LogP contribution in [-0.2, 0) is 0 Å². The number of hydrogen-bond donors (Lipinski definition) is 4. The van der Waals surface area contributed by atoms with Gasteiger partial charge in [0, 0.05) is 11.9 Å². The van der Waals surface area contributed by atoms with E-state index in [0.29, 0.717) is 16.7 Å². The fourth-order valence-corrected chi connectivity index (χ4v) is 1.87. The Morgan fingerprint density at radius 2 is 1.95 bits per heavy atom. The van der Waals surface area contributed by atoms with Gasteiger partial charge in [-0.05, 0) is 24.3 Å². The van der Waals surface area contributed by atoms with Gasteiger partial charge in [0.05, 0.1) is 22.8 Å². The topological polar surface area (TPSA) is 111 Å². The molecule has 0 radical (unpaired) electrons. The van der Waals surface area contributed by atoms with Crippen molar-refractivity contribution in [3.8, 4) is 5.75 Å². The Hall–Kier alpha value is -3.09. The minimum Gasteiger partial charge on any atom is -0.506 e. The summed E-state index contributed by atoms with van der Waals surface area (Å²) in [7, 11) is 0. The number of benzene rings is 1. The number of amides is 1. The Bertz CT molecular complexity index is 850. The van der Waals surface area contributed by atoms with E-state index in [-0.39, 0.29) is 17.0 Å². The van der Waals surface area contributed by atoms with E-state index in [1.54, 1.807) is 18.2 Å². The maximum absolute atomic E-state index is 12.0. The summed E-state index contributed by atoms with van der Waals surface area (Å²) < 4.78 is 0. The normalized spacial score (nSPS) is 10.6. The van der Waals surface area contributed by atoms with Crippen molar-refractivity contribution in [3.63, 3.8) is 0 Å². The highest BCUT2D eigenvalue weighted by Gasteiger charge is 2.08. The lowest BCUT2D eigenvalue weighted by atomic mass is 10.2. The van der Waals surface area contributed by atoms with E-state index in [1.807, 2.05) is 0 Å². The van der Waals surface area contributed by atoms with Crippen molar-refractivity contribution in [3.05, 3.63) is 52.7 Å². The Balaban J connectivity index is 1.88. The molecule has 1 amide bonds. The summed E-state index contributed by atoms with van der Waals surface area (Å²) >= 11 is 0. The Kier molecular flexibility index (Phi) is 2.72. The number of hydrogen-bond acceptors (Lipinski definition) is 4. The number of anilines is 1. The first-order valence-corrected chi connectivity index (χ1v) is 5.79. The molecule has 0 spiro atoms. The monoisotopic (exact) mass is 270 g/mol. The number of aromatic nitrogens is 3. The number of carbonyl (C=O) groups excluding carboxylic acids is 1. The number of nitrogens with zero attached hydrogens (tertiary/aromatic N) is 1. The maximum atomic E-state index is 12.0. The van der Waals surface area contributed by atoms with Crippen LogP contribution < -0.4 is 11.0 Å². The van der Waals surface area contributed by atoms with Crippen molar-refractivity contribution in [2.45, 2.75) is 0 Å². The van der Waals surface area contributed by atoms with Crippen LogP contribution in [0.25, 0.3) is 11.0 Å². The molecule has 2 aromatic heterocycles. The second kappa shape index (κ2) is 4.54. The highest BCUT2D eigenvalue weighted by atomic mass is 16.3. The van der Waals surface area contributed by atoms with Crippen molar-refractivity contribution in [1.82, 2.24) is 15.0 Å². The molecule has 0 atom stereocenters. The summed E-state index contributed by atoms with van der Waals surface area (Å²) in [6.45, 7) is 0. The molecule has 0 aliphatic heterocycles. The van der Waals surface area contributed by atoms with Crippen LogP contribution in [0.2, 0.25) is 0 Å². The highest BCUT2D eigenvalue weighted by molar-refractivity contribution is 6.04. The lowest BCUT2D eigenvalue weighted by Crippen LogP contribution is -2.11. The molecule has 0 aliphatic carbocycles. The number of aromatic amines is 2. The average Bonchev–Trinajstić information content (AvgIpc) is 2.78. The Labute approximate surface area is 112 Å². The molecule has 100 valence electrons. The Morgan fingerprint density at radius 3 is 2.75 bits per heavy atom. The lowest BCUT2D eigenvalue weighted by Gasteiger charge is -2.05. The minimum absolute atomic E-state index is 0.0805. The number of imidazole rings is 1. The van der Waals surface area contributed by atoms with Crippen molar-refractivity contribution >= 4 is 22.6 Å². The smallest absolute Gasteiger partial charge is 0.323 e. The van der Waals surface area contributed by atoms with Gasteiger partial charge in [0.1, 0.15) is 5.75 Å². The van der Waals surface area contributed by atoms with Crippen LogP contribution >= 0.6 is 0 Å². The van der Waals surface area contributed by atoms with E-state index >= 15 is 0 Å². The predicted molar refractivity (Wildman–Crippen MR) is 72.8 cm³/mol. The van der Waals surface area contributed by atoms with Gasteiger partial charge in [-0.2, -0.15) is 0 Å². The van der Waals surface area contributed by atoms with Gasteiger partial charge in [0.2, 0.25) is 0 Å². The molecule has 1 aromatic carbocycles. The van der Waals surface area contributed by atoms with Crippen LogP contribution in [0.5, 0.6) is 5.75 Å². The second-order valence-corrected chi connectivity index (χ2v) is 4.23. The number of H-pyrrole nitrogens is 2. The van der Waals surface area contributed by atoms with Crippen LogP contribution in [0, 0.1) is 0 Å². The molecular formula is C13H10N4O3. The average molecular weight is 270 g/mol. The molecule has 3 aromatic rings. The van der Waals surface area contributed by atoms with Gasteiger partial charge < -0.3 is 20.4 Å². The molecule has 2 heterocycles. The zero-order valence-electron chi connectivity index (χ0n) is 10.2. The number of rotatable bonds is 2. The summed E-state index contributed by atoms with van der Waals surface area (Å²) in [5.74, 6) is -0.478. The zero-order chi connectivity index (χ0) is 14.1. The van der Waals surface area contributed by atoms with E-state index in [1.165, 1.54) is 18.5 Å². The highest BCUT2D eigenvalue weighted by Crippen LogP contribution is 2.16. The van der Waals surface area contributed by atoms with E-state index in [9.17, 15) is 14.7 Å². The molecule has 4 N–H and O–H groups in total. The van der Waals surface area contributed by atoms with Gasteiger partial charge in [0.25, 0.3) is 5.91 Å². The first-order valence-electron chi connectivity index (χ1n) is 5.79.